The molecule has 4 nitrogen and oxygen atoms in total. The van der Waals surface area contributed by atoms with Crippen LogP contribution in [0.15, 0.2) is 0 Å². The lowest BCUT2D eigenvalue weighted by Crippen LogP contribution is -2.39. The Hall–Kier alpha value is -0.610. The second kappa shape index (κ2) is 9.60. The number of rotatable bonds is 9. The number of methoxy groups -OCH3 is 1. The number of nitrogens with one attached hydrogen (secondary N) is 2. The molecule has 0 saturated heterocycles. The van der Waals surface area contributed by atoms with E-state index in [9.17, 15) is 4.79 Å². The largest absolute Gasteiger partial charge is 0.383 e. The lowest BCUT2D eigenvalue weighted by atomic mass is 10.0. The van der Waals surface area contributed by atoms with Gasteiger partial charge in [0.1, 0.15) is 0 Å². The molecule has 0 aliphatic heterocycles. The van der Waals surface area contributed by atoms with Crippen molar-refractivity contribution in [1.29, 1.82) is 0 Å². The van der Waals surface area contributed by atoms with Crippen LogP contribution in [0.1, 0.15) is 33.6 Å². The number of amides is 1. The summed E-state index contributed by atoms with van der Waals surface area (Å²) in [4.78, 5) is 11.3. The zero-order valence-electron chi connectivity index (χ0n) is 11.0. The fraction of sp³-hybridized carbons (Fsp3) is 0.917. The van der Waals surface area contributed by atoms with Gasteiger partial charge in [0.2, 0.25) is 5.91 Å². The summed E-state index contributed by atoms with van der Waals surface area (Å²) >= 11 is 0. The topological polar surface area (TPSA) is 50.4 Å². The molecule has 0 aliphatic rings. The molecule has 0 aromatic rings. The minimum Gasteiger partial charge on any atom is -0.383 e. The highest BCUT2D eigenvalue weighted by molar-refractivity contribution is 5.77. The molecule has 2 N–H and O–H groups in total. The number of ether oxygens (including phenoxy) is 1. The van der Waals surface area contributed by atoms with Crippen LogP contribution in [0.4, 0.5) is 0 Å². The van der Waals surface area contributed by atoms with Gasteiger partial charge in [0.15, 0.2) is 0 Å². The molecular formula is C12H26N2O2. The van der Waals surface area contributed by atoms with E-state index in [-0.39, 0.29) is 5.91 Å². The van der Waals surface area contributed by atoms with Crippen LogP contribution in [0.5, 0.6) is 0 Å². The van der Waals surface area contributed by atoms with Gasteiger partial charge in [0.05, 0.1) is 13.2 Å². The molecule has 96 valence electrons. The molecule has 0 saturated carbocycles. The fourth-order valence-electron chi connectivity index (χ4n) is 1.31. The maximum atomic E-state index is 11.3. The minimum absolute atomic E-state index is 0.0356. The first kappa shape index (κ1) is 15.4. The second-order valence-electron chi connectivity index (χ2n) is 4.60. The predicted molar refractivity (Wildman–Crippen MR) is 66.4 cm³/mol. The molecule has 0 bridgehead atoms. The Labute approximate surface area is 99.1 Å². The van der Waals surface area contributed by atoms with Crippen molar-refractivity contribution in [1.82, 2.24) is 10.6 Å². The van der Waals surface area contributed by atoms with Crippen molar-refractivity contribution in [3.63, 3.8) is 0 Å². The third-order valence-electron chi connectivity index (χ3n) is 2.42. The van der Waals surface area contributed by atoms with Crippen molar-refractivity contribution in [2.45, 2.75) is 39.7 Å². The molecule has 0 rings (SSSR count). The number of hydrogen-bond acceptors (Lipinski definition) is 3. The Balaban J connectivity index is 3.43. The summed E-state index contributed by atoms with van der Waals surface area (Å²) in [5.41, 5.74) is 0. The van der Waals surface area contributed by atoms with Gasteiger partial charge in [-0.2, -0.15) is 0 Å². The first-order valence-corrected chi connectivity index (χ1v) is 6.05. The van der Waals surface area contributed by atoms with E-state index < -0.39 is 0 Å². The van der Waals surface area contributed by atoms with Crippen LogP contribution in [0.2, 0.25) is 0 Å². The molecule has 0 spiro atoms. The van der Waals surface area contributed by atoms with Gasteiger partial charge in [-0.25, -0.2) is 0 Å². The first-order chi connectivity index (χ1) is 7.56. The van der Waals surface area contributed by atoms with Gasteiger partial charge in [-0.15, -0.1) is 0 Å². The standard InChI is InChI=1S/C12H26N2O2/c1-10(2)5-6-11(3)14-9-12(15)13-7-8-16-4/h10-11,14H,5-9H2,1-4H3,(H,13,15). The zero-order chi connectivity index (χ0) is 12.4. The molecule has 4 heteroatoms. The van der Waals surface area contributed by atoms with E-state index in [4.69, 9.17) is 4.74 Å². The third kappa shape index (κ3) is 9.93. The maximum Gasteiger partial charge on any atom is 0.234 e. The van der Waals surface area contributed by atoms with Crippen LogP contribution in [0.3, 0.4) is 0 Å². The monoisotopic (exact) mass is 230 g/mol. The second-order valence-corrected chi connectivity index (χ2v) is 4.60. The van der Waals surface area contributed by atoms with E-state index >= 15 is 0 Å². The van der Waals surface area contributed by atoms with Crippen molar-refractivity contribution in [3.05, 3.63) is 0 Å². The molecule has 1 unspecified atom stereocenters. The SMILES string of the molecule is COCCNC(=O)CNC(C)CCC(C)C. The summed E-state index contributed by atoms with van der Waals surface area (Å²) in [6.45, 7) is 8.08. The van der Waals surface area contributed by atoms with E-state index in [1.807, 2.05) is 0 Å². The van der Waals surface area contributed by atoms with Gasteiger partial charge < -0.3 is 15.4 Å². The van der Waals surface area contributed by atoms with Crippen molar-refractivity contribution in [2.24, 2.45) is 5.92 Å². The highest BCUT2D eigenvalue weighted by Gasteiger charge is 2.05. The number of carbonyl (C=O) groups excluding carboxylic acids is 1. The highest BCUT2D eigenvalue weighted by atomic mass is 16.5. The lowest BCUT2D eigenvalue weighted by Gasteiger charge is -2.14. The molecule has 16 heavy (non-hydrogen) atoms. The van der Waals surface area contributed by atoms with Crippen molar-refractivity contribution in [3.8, 4) is 0 Å². The van der Waals surface area contributed by atoms with Gasteiger partial charge in [0, 0.05) is 19.7 Å². The number of hydrogen-bond donors (Lipinski definition) is 2. The number of carbonyl (C=O) groups is 1. The van der Waals surface area contributed by atoms with Crippen LogP contribution in [0.25, 0.3) is 0 Å². The quantitative estimate of drug-likeness (QED) is 0.584. The molecule has 0 aromatic carbocycles. The Bertz CT molecular complexity index is 184. The van der Waals surface area contributed by atoms with Crippen molar-refractivity contribution >= 4 is 5.91 Å². The summed E-state index contributed by atoms with van der Waals surface area (Å²) in [5, 5.41) is 5.99. The smallest absolute Gasteiger partial charge is 0.234 e. The van der Waals surface area contributed by atoms with E-state index in [1.165, 1.54) is 6.42 Å². The maximum absolute atomic E-state index is 11.3. The molecule has 1 atom stereocenters. The molecule has 0 radical (unpaired) electrons. The Morgan fingerprint density at radius 1 is 1.25 bits per heavy atom. The van der Waals surface area contributed by atoms with Crippen LogP contribution in [0, 0.1) is 5.92 Å². The molecule has 0 aliphatic carbocycles. The van der Waals surface area contributed by atoms with Crippen LogP contribution in [-0.2, 0) is 9.53 Å². The zero-order valence-corrected chi connectivity index (χ0v) is 11.0. The van der Waals surface area contributed by atoms with Gasteiger partial charge >= 0.3 is 0 Å². The minimum atomic E-state index is 0.0356. The summed E-state index contributed by atoms with van der Waals surface area (Å²) in [6, 6.07) is 0.399. The average Bonchev–Trinajstić information content (AvgIpc) is 2.24. The van der Waals surface area contributed by atoms with Gasteiger partial charge in [-0.1, -0.05) is 13.8 Å². The van der Waals surface area contributed by atoms with E-state index in [2.05, 4.69) is 31.4 Å². The van der Waals surface area contributed by atoms with E-state index in [0.29, 0.717) is 25.7 Å². The third-order valence-corrected chi connectivity index (χ3v) is 2.42. The lowest BCUT2D eigenvalue weighted by molar-refractivity contribution is -0.120. The Morgan fingerprint density at radius 2 is 1.94 bits per heavy atom. The van der Waals surface area contributed by atoms with E-state index in [1.54, 1.807) is 7.11 Å². The first-order valence-electron chi connectivity index (χ1n) is 6.05. The molecule has 0 heterocycles. The average molecular weight is 230 g/mol. The fourth-order valence-corrected chi connectivity index (χ4v) is 1.31. The van der Waals surface area contributed by atoms with Crippen LogP contribution in [-0.4, -0.2) is 38.8 Å². The molecule has 0 fully saturated rings. The Morgan fingerprint density at radius 3 is 2.50 bits per heavy atom. The van der Waals surface area contributed by atoms with Crippen molar-refractivity contribution < 1.29 is 9.53 Å². The summed E-state index contributed by atoms with van der Waals surface area (Å²) < 4.78 is 4.85. The Kier molecular flexibility index (Phi) is 9.24. The predicted octanol–water partition coefficient (Wildman–Crippen LogP) is 1.16. The normalized spacial score (nSPS) is 12.8. The summed E-state index contributed by atoms with van der Waals surface area (Å²) in [6.07, 6.45) is 2.31. The van der Waals surface area contributed by atoms with Gasteiger partial charge in [-0.3, -0.25) is 4.79 Å². The van der Waals surface area contributed by atoms with Crippen LogP contribution >= 0.6 is 0 Å². The van der Waals surface area contributed by atoms with Gasteiger partial charge in [0.25, 0.3) is 0 Å². The molecule has 0 aromatic heterocycles. The van der Waals surface area contributed by atoms with Gasteiger partial charge in [-0.05, 0) is 25.7 Å². The summed E-state index contributed by atoms with van der Waals surface area (Å²) in [5.74, 6) is 0.758. The van der Waals surface area contributed by atoms with E-state index in [0.717, 1.165) is 12.3 Å². The van der Waals surface area contributed by atoms with Crippen LogP contribution < -0.4 is 10.6 Å². The van der Waals surface area contributed by atoms with Crippen molar-refractivity contribution in [2.75, 3.05) is 26.8 Å². The highest BCUT2D eigenvalue weighted by Crippen LogP contribution is 2.05. The molecular weight excluding hydrogens is 204 g/mol. The summed E-state index contributed by atoms with van der Waals surface area (Å²) in [7, 11) is 1.62. The molecule has 1 amide bonds.